The van der Waals surface area contributed by atoms with E-state index in [0.29, 0.717) is 41.4 Å². The van der Waals surface area contributed by atoms with E-state index in [9.17, 15) is 21.6 Å². The van der Waals surface area contributed by atoms with Crippen LogP contribution in [0.4, 0.5) is 5.69 Å². The van der Waals surface area contributed by atoms with Gasteiger partial charge in [0.15, 0.2) is 9.84 Å². The van der Waals surface area contributed by atoms with E-state index < -0.39 is 25.8 Å². The van der Waals surface area contributed by atoms with Crippen molar-refractivity contribution in [1.82, 2.24) is 4.72 Å². The first-order valence-electron chi connectivity index (χ1n) is 10.2. The van der Waals surface area contributed by atoms with Crippen molar-refractivity contribution in [2.75, 3.05) is 23.4 Å². The Morgan fingerprint density at radius 1 is 1.12 bits per heavy atom. The van der Waals surface area contributed by atoms with Gasteiger partial charge in [0.05, 0.1) is 22.0 Å². The van der Waals surface area contributed by atoms with Gasteiger partial charge in [-0.15, -0.1) is 11.8 Å². The lowest BCUT2D eigenvalue weighted by molar-refractivity contribution is 0.102. The normalized spacial score (nSPS) is 20.0. The first-order valence-corrected chi connectivity index (χ1v) is 14.3. The zero-order chi connectivity index (χ0) is 22.8. The number of amidine groups is 1. The zero-order valence-corrected chi connectivity index (χ0v) is 19.6. The molecule has 2 aromatic carbocycles. The van der Waals surface area contributed by atoms with Crippen LogP contribution in [0.15, 0.2) is 63.3 Å². The van der Waals surface area contributed by atoms with Crippen LogP contribution >= 0.6 is 11.8 Å². The molecule has 8 nitrogen and oxygen atoms in total. The number of thioether (sulfide) groups is 1. The fourth-order valence-corrected chi connectivity index (χ4v) is 8.33. The lowest BCUT2D eigenvalue weighted by Gasteiger charge is -2.13. The number of carbonyl (C=O) groups excluding carboxylic acids is 1. The molecule has 0 saturated carbocycles. The molecule has 2 N–H and O–H groups in total. The summed E-state index contributed by atoms with van der Waals surface area (Å²) < 4.78 is 51.3. The van der Waals surface area contributed by atoms with Crippen LogP contribution in [0.1, 0.15) is 29.6 Å². The highest BCUT2D eigenvalue weighted by atomic mass is 32.2. The van der Waals surface area contributed by atoms with Crippen LogP contribution in [-0.4, -0.2) is 51.9 Å². The highest BCUT2D eigenvalue weighted by Gasteiger charge is 2.29. The van der Waals surface area contributed by atoms with Gasteiger partial charge in [0.2, 0.25) is 0 Å². The Kier molecular flexibility index (Phi) is 6.59. The first-order chi connectivity index (χ1) is 15.2. The number of sulfone groups is 1. The maximum Gasteiger partial charge on any atom is 0.262 e. The predicted octanol–water partition coefficient (Wildman–Crippen LogP) is 2.69. The molecule has 1 saturated heterocycles. The highest BCUT2D eigenvalue weighted by Crippen LogP contribution is 2.33. The average molecular weight is 494 g/mol. The van der Waals surface area contributed by atoms with Crippen LogP contribution in [0, 0.1) is 0 Å². The fourth-order valence-electron chi connectivity index (χ4n) is 3.57. The lowest BCUT2D eigenvalue weighted by atomic mass is 10.2. The average Bonchev–Trinajstić information content (AvgIpc) is 3.37. The number of rotatable bonds is 6. The Labute approximate surface area is 191 Å². The van der Waals surface area contributed by atoms with E-state index in [-0.39, 0.29) is 21.7 Å². The number of hydrogen-bond acceptors (Lipinski definition) is 7. The standard InChI is InChI=1S/C21H23N3O5S3/c25-21(18-7-1-2-8-19(18)30-16-10-12-31(26,27)14-16)23-15-5-3-6-17(13-15)32(28,29)24-20-9-4-11-22-20/h1-3,5-8,13,16H,4,9-12,14H2,(H,22,24)(H,23,25). The number of sulfonamides is 1. The van der Waals surface area contributed by atoms with Crippen molar-refractivity contribution in [3.05, 3.63) is 54.1 Å². The number of amides is 1. The molecule has 32 heavy (non-hydrogen) atoms. The van der Waals surface area contributed by atoms with Crippen molar-refractivity contribution in [3.63, 3.8) is 0 Å². The van der Waals surface area contributed by atoms with Crippen molar-refractivity contribution in [1.29, 1.82) is 0 Å². The van der Waals surface area contributed by atoms with E-state index in [0.717, 1.165) is 6.42 Å². The quantitative estimate of drug-likeness (QED) is 0.638. The van der Waals surface area contributed by atoms with Crippen LogP contribution in [0.2, 0.25) is 0 Å². The second kappa shape index (κ2) is 9.24. The molecule has 11 heteroatoms. The summed E-state index contributed by atoms with van der Waals surface area (Å²) in [6.45, 7) is 0.609. The highest BCUT2D eigenvalue weighted by molar-refractivity contribution is 8.02. The summed E-state index contributed by atoms with van der Waals surface area (Å²) in [5, 5.41) is 2.66. The van der Waals surface area contributed by atoms with Crippen molar-refractivity contribution >= 4 is 49.1 Å². The topological polar surface area (TPSA) is 122 Å². The number of aliphatic imine (C=N–C) groups is 1. The maximum absolute atomic E-state index is 12.9. The molecule has 170 valence electrons. The number of carbonyl (C=O) groups is 1. The van der Waals surface area contributed by atoms with E-state index in [2.05, 4.69) is 15.0 Å². The first kappa shape index (κ1) is 22.8. The van der Waals surface area contributed by atoms with E-state index in [1.54, 1.807) is 36.4 Å². The molecule has 4 rings (SSSR count). The Balaban J connectivity index is 1.49. The molecule has 2 aliphatic rings. The molecule has 0 bridgehead atoms. The van der Waals surface area contributed by atoms with Crippen LogP contribution in [-0.2, 0) is 19.9 Å². The second-order valence-corrected chi connectivity index (χ2v) is 12.9. The van der Waals surface area contributed by atoms with Gasteiger partial charge in [-0.1, -0.05) is 18.2 Å². The third kappa shape index (κ3) is 5.51. The molecule has 0 radical (unpaired) electrons. The van der Waals surface area contributed by atoms with Gasteiger partial charge in [-0.05, 0) is 43.2 Å². The number of benzene rings is 2. The Morgan fingerprint density at radius 2 is 1.94 bits per heavy atom. The number of nitrogens with zero attached hydrogens (tertiary/aromatic N) is 1. The second-order valence-electron chi connectivity index (χ2n) is 7.66. The molecule has 0 aliphatic carbocycles. The lowest BCUT2D eigenvalue weighted by Crippen LogP contribution is -2.29. The molecule has 2 aromatic rings. The van der Waals surface area contributed by atoms with Crippen molar-refractivity contribution in [3.8, 4) is 0 Å². The van der Waals surface area contributed by atoms with Gasteiger partial charge in [0.25, 0.3) is 15.9 Å². The molecular formula is C21H23N3O5S3. The number of nitrogens with one attached hydrogen (secondary N) is 2. The van der Waals surface area contributed by atoms with E-state index in [1.165, 1.54) is 23.9 Å². The van der Waals surface area contributed by atoms with E-state index in [1.807, 2.05) is 0 Å². The SMILES string of the molecule is O=C(Nc1cccc(S(=O)(=O)NC2=NCCC2)c1)c1ccccc1SC1CCS(=O)(=O)C1. The molecule has 2 heterocycles. The van der Waals surface area contributed by atoms with Crippen molar-refractivity contribution < 1.29 is 21.6 Å². The summed E-state index contributed by atoms with van der Waals surface area (Å²) in [7, 11) is -6.81. The van der Waals surface area contributed by atoms with Crippen LogP contribution < -0.4 is 10.0 Å². The minimum absolute atomic E-state index is 0.0312. The summed E-state index contributed by atoms with van der Waals surface area (Å²) in [4.78, 5) is 17.8. The van der Waals surface area contributed by atoms with Gasteiger partial charge < -0.3 is 5.32 Å². The molecule has 1 fully saturated rings. The minimum Gasteiger partial charge on any atom is -0.322 e. The summed E-state index contributed by atoms with van der Waals surface area (Å²) in [5.74, 6) is 0.322. The van der Waals surface area contributed by atoms with Crippen molar-refractivity contribution in [2.45, 2.75) is 34.3 Å². The number of anilines is 1. The van der Waals surface area contributed by atoms with Crippen LogP contribution in [0.25, 0.3) is 0 Å². The summed E-state index contributed by atoms with van der Waals surface area (Å²) in [5.41, 5.74) is 0.753. The van der Waals surface area contributed by atoms with Gasteiger partial charge in [-0.2, -0.15) is 0 Å². The van der Waals surface area contributed by atoms with Gasteiger partial charge >= 0.3 is 0 Å². The molecule has 0 spiro atoms. The van der Waals surface area contributed by atoms with Gasteiger partial charge in [0, 0.05) is 28.8 Å². The summed E-state index contributed by atoms with van der Waals surface area (Å²) in [6, 6.07) is 13.0. The minimum atomic E-state index is -3.79. The smallest absolute Gasteiger partial charge is 0.262 e. The zero-order valence-electron chi connectivity index (χ0n) is 17.2. The van der Waals surface area contributed by atoms with Gasteiger partial charge in [0.1, 0.15) is 5.84 Å². The van der Waals surface area contributed by atoms with Crippen LogP contribution in [0.5, 0.6) is 0 Å². The molecule has 0 aromatic heterocycles. The number of hydrogen-bond donors (Lipinski definition) is 2. The Bertz CT molecular complexity index is 1270. The van der Waals surface area contributed by atoms with E-state index >= 15 is 0 Å². The van der Waals surface area contributed by atoms with Gasteiger partial charge in [-0.25, -0.2) is 16.8 Å². The molecule has 1 unspecified atom stereocenters. The summed E-state index contributed by atoms with van der Waals surface area (Å²) in [6.07, 6.45) is 1.96. The Hall–Kier alpha value is -2.37. The van der Waals surface area contributed by atoms with Crippen LogP contribution in [0.3, 0.4) is 0 Å². The Morgan fingerprint density at radius 3 is 2.66 bits per heavy atom. The third-order valence-corrected chi connectivity index (χ3v) is 9.85. The monoisotopic (exact) mass is 493 g/mol. The molecular weight excluding hydrogens is 470 g/mol. The largest absolute Gasteiger partial charge is 0.322 e. The van der Waals surface area contributed by atoms with E-state index in [4.69, 9.17) is 0 Å². The maximum atomic E-state index is 12.9. The molecule has 2 aliphatic heterocycles. The van der Waals surface area contributed by atoms with Crippen molar-refractivity contribution in [2.24, 2.45) is 4.99 Å². The fraction of sp³-hybridized carbons (Fsp3) is 0.333. The predicted molar refractivity (Wildman–Crippen MR) is 126 cm³/mol. The van der Waals surface area contributed by atoms with Gasteiger partial charge in [-0.3, -0.25) is 14.5 Å². The molecule has 1 amide bonds. The third-order valence-electron chi connectivity index (χ3n) is 5.14. The molecule has 1 atom stereocenters. The summed E-state index contributed by atoms with van der Waals surface area (Å²) >= 11 is 1.39.